The van der Waals surface area contributed by atoms with E-state index >= 15 is 0 Å². The minimum Gasteiger partial charge on any atom is -0.322 e. The standard InChI is InChI=1S/C26H18F3N3O3S/c27-26(28,29)22-15-25(33)31-24-9-5-17(13-21(22)24)12-16-3-7-20(8-4-16)36(34,35)32-19-6-10-23-18(14-19)2-1-11-30-23/h1-11,13-15,32H,12H2,(H,31,33). The molecule has 0 radical (unpaired) electrons. The highest BCUT2D eigenvalue weighted by atomic mass is 32.2. The number of sulfonamides is 1. The Kier molecular flexibility index (Phi) is 5.76. The second-order valence-electron chi connectivity index (χ2n) is 8.26. The molecule has 6 nitrogen and oxygen atoms in total. The molecule has 0 amide bonds. The molecule has 0 spiro atoms. The molecule has 36 heavy (non-hydrogen) atoms. The first-order valence-corrected chi connectivity index (χ1v) is 12.3. The van der Waals surface area contributed by atoms with Gasteiger partial charge >= 0.3 is 6.18 Å². The van der Waals surface area contributed by atoms with E-state index in [0.29, 0.717) is 22.9 Å². The highest BCUT2D eigenvalue weighted by molar-refractivity contribution is 7.92. The van der Waals surface area contributed by atoms with Gasteiger partial charge in [0.15, 0.2) is 0 Å². The van der Waals surface area contributed by atoms with Crippen LogP contribution in [0, 0.1) is 0 Å². The number of pyridine rings is 2. The van der Waals surface area contributed by atoms with Crippen LogP contribution in [0.1, 0.15) is 16.7 Å². The number of hydrogen-bond acceptors (Lipinski definition) is 4. The number of hydrogen-bond donors (Lipinski definition) is 2. The van der Waals surface area contributed by atoms with Crippen LogP contribution in [0.4, 0.5) is 18.9 Å². The quantitative estimate of drug-likeness (QED) is 0.328. The van der Waals surface area contributed by atoms with Gasteiger partial charge in [-0.2, -0.15) is 13.2 Å². The number of nitrogens with one attached hydrogen (secondary N) is 2. The lowest BCUT2D eigenvalue weighted by molar-refractivity contribution is -0.136. The van der Waals surface area contributed by atoms with Crippen molar-refractivity contribution >= 4 is 37.5 Å². The summed E-state index contributed by atoms with van der Waals surface area (Å²) in [5, 5.41) is 0.690. The van der Waals surface area contributed by atoms with Crippen molar-refractivity contribution in [3.8, 4) is 0 Å². The van der Waals surface area contributed by atoms with Crippen LogP contribution in [0.2, 0.25) is 0 Å². The molecule has 2 aromatic heterocycles. The van der Waals surface area contributed by atoms with Crippen molar-refractivity contribution in [2.24, 2.45) is 0 Å². The maximum Gasteiger partial charge on any atom is 0.417 e. The Balaban J connectivity index is 1.38. The Morgan fingerprint density at radius 1 is 0.889 bits per heavy atom. The highest BCUT2D eigenvalue weighted by Gasteiger charge is 2.33. The maximum absolute atomic E-state index is 13.4. The van der Waals surface area contributed by atoms with E-state index in [1.165, 1.54) is 24.3 Å². The van der Waals surface area contributed by atoms with Crippen molar-refractivity contribution in [1.29, 1.82) is 0 Å². The first-order valence-electron chi connectivity index (χ1n) is 10.8. The van der Waals surface area contributed by atoms with Crippen molar-refractivity contribution in [2.45, 2.75) is 17.5 Å². The number of fused-ring (bicyclic) bond motifs is 2. The van der Waals surface area contributed by atoms with Crippen molar-refractivity contribution in [3.05, 3.63) is 112 Å². The second-order valence-corrected chi connectivity index (χ2v) is 9.94. The van der Waals surface area contributed by atoms with Crippen LogP contribution in [0.25, 0.3) is 21.8 Å². The van der Waals surface area contributed by atoms with Gasteiger partial charge in [0.2, 0.25) is 5.56 Å². The van der Waals surface area contributed by atoms with E-state index in [4.69, 9.17) is 0 Å². The number of anilines is 1. The van der Waals surface area contributed by atoms with Gasteiger partial charge in [-0.25, -0.2) is 8.42 Å². The molecule has 0 fully saturated rings. The molecule has 0 aliphatic heterocycles. The Hall–Kier alpha value is -4.18. The zero-order valence-corrected chi connectivity index (χ0v) is 19.3. The SMILES string of the molecule is O=c1cc(C(F)(F)F)c2cc(Cc3ccc(S(=O)(=O)Nc4ccc5ncccc5c4)cc3)ccc2[nH]1. The Morgan fingerprint density at radius 3 is 2.39 bits per heavy atom. The van der Waals surface area contributed by atoms with E-state index in [2.05, 4.69) is 14.7 Å². The fourth-order valence-corrected chi connectivity index (χ4v) is 5.07. The molecule has 0 bridgehead atoms. The third-order valence-corrected chi connectivity index (χ3v) is 7.11. The van der Waals surface area contributed by atoms with Gasteiger partial charge in [-0.3, -0.25) is 14.5 Å². The van der Waals surface area contributed by atoms with Gasteiger partial charge in [0.1, 0.15) is 0 Å². The lowest BCUT2D eigenvalue weighted by atomic mass is 10.0. The van der Waals surface area contributed by atoms with Gasteiger partial charge in [0.25, 0.3) is 10.0 Å². The summed E-state index contributed by atoms with van der Waals surface area (Å²) >= 11 is 0. The first-order chi connectivity index (χ1) is 17.1. The topological polar surface area (TPSA) is 91.9 Å². The molecule has 2 N–H and O–H groups in total. The largest absolute Gasteiger partial charge is 0.417 e. The molecule has 5 aromatic rings. The smallest absolute Gasteiger partial charge is 0.322 e. The molecule has 3 aromatic carbocycles. The highest BCUT2D eigenvalue weighted by Crippen LogP contribution is 2.34. The van der Waals surface area contributed by atoms with E-state index in [9.17, 15) is 26.4 Å². The van der Waals surface area contributed by atoms with Gasteiger partial charge < -0.3 is 4.98 Å². The summed E-state index contributed by atoms with van der Waals surface area (Å²) < 4.78 is 68.5. The second kappa shape index (κ2) is 8.80. The van der Waals surface area contributed by atoms with Crippen LogP contribution in [-0.2, 0) is 22.6 Å². The molecule has 0 unspecified atom stereocenters. The average Bonchev–Trinajstić information content (AvgIpc) is 2.83. The van der Waals surface area contributed by atoms with Gasteiger partial charge in [0.05, 0.1) is 16.0 Å². The van der Waals surface area contributed by atoms with Crippen molar-refractivity contribution in [1.82, 2.24) is 9.97 Å². The summed E-state index contributed by atoms with van der Waals surface area (Å²) in [4.78, 5) is 18.3. The van der Waals surface area contributed by atoms with E-state index in [-0.39, 0.29) is 22.2 Å². The predicted octanol–water partition coefficient (Wildman–Crippen LogP) is 5.49. The maximum atomic E-state index is 13.4. The van der Waals surface area contributed by atoms with E-state index in [1.807, 2.05) is 6.07 Å². The molecular weight excluding hydrogens is 491 g/mol. The zero-order chi connectivity index (χ0) is 25.5. The number of aromatic amines is 1. The molecule has 0 atom stereocenters. The molecule has 5 rings (SSSR count). The summed E-state index contributed by atoms with van der Waals surface area (Å²) in [7, 11) is -3.86. The van der Waals surface area contributed by atoms with Crippen molar-refractivity contribution < 1.29 is 21.6 Å². The molecule has 0 saturated heterocycles. The number of rotatable bonds is 5. The summed E-state index contributed by atoms with van der Waals surface area (Å²) in [6.45, 7) is 0. The van der Waals surface area contributed by atoms with Gasteiger partial charge in [-0.15, -0.1) is 0 Å². The molecule has 2 heterocycles. The monoisotopic (exact) mass is 509 g/mol. The predicted molar refractivity (Wildman–Crippen MR) is 131 cm³/mol. The Bertz CT molecular complexity index is 1760. The van der Waals surface area contributed by atoms with Crippen LogP contribution < -0.4 is 10.3 Å². The van der Waals surface area contributed by atoms with E-state index < -0.39 is 27.3 Å². The lowest BCUT2D eigenvalue weighted by Crippen LogP contribution is -2.14. The zero-order valence-electron chi connectivity index (χ0n) is 18.5. The minimum absolute atomic E-state index is 0.0491. The fraction of sp³-hybridized carbons (Fsp3) is 0.0769. The van der Waals surface area contributed by atoms with Crippen LogP contribution in [0.5, 0.6) is 0 Å². The molecular formula is C26H18F3N3O3S. The van der Waals surface area contributed by atoms with E-state index in [0.717, 1.165) is 10.9 Å². The molecule has 0 saturated carbocycles. The van der Waals surface area contributed by atoms with Crippen LogP contribution in [0.15, 0.2) is 94.7 Å². The Morgan fingerprint density at radius 2 is 1.64 bits per heavy atom. The third kappa shape index (κ3) is 4.80. The van der Waals surface area contributed by atoms with E-state index in [1.54, 1.807) is 48.7 Å². The van der Waals surface area contributed by atoms with Crippen LogP contribution in [0.3, 0.4) is 0 Å². The summed E-state index contributed by atoms with van der Waals surface area (Å²) in [6.07, 6.45) is -2.74. The number of alkyl halides is 3. The summed E-state index contributed by atoms with van der Waals surface area (Å²) in [5.41, 5.74) is 0.701. The normalized spacial score (nSPS) is 12.2. The number of benzene rings is 3. The first kappa shape index (κ1) is 23.6. The number of halogens is 3. The molecule has 0 aliphatic carbocycles. The van der Waals surface area contributed by atoms with Gasteiger partial charge in [-0.05, 0) is 66.1 Å². The minimum atomic E-state index is -4.67. The third-order valence-electron chi connectivity index (χ3n) is 5.71. The molecule has 10 heteroatoms. The number of aromatic nitrogens is 2. The number of nitrogens with zero attached hydrogens (tertiary/aromatic N) is 1. The number of H-pyrrole nitrogens is 1. The summed E-state index contributed by atoms with van der Waals surface area (Å²) in [5.74, 6) is 0. The van der Waals surface area contributed by atoms with Gasteiger partial charge in [-0.1, -0.05) is 24.3 Å². The fourth-order valence-electron chi connectivity index (χ4n) is 4.02. The molecule has 182 valence electrons. The molecule has 0 aliphatic rings. The van der Waals surface area contributed by atoms with Gasteiger partial charge in [0, 0.05) is 34.2 Å². The van der Waals surface area contributed by atoms with Crippen molar-refractivity contribution in [3.63, 3.8) is 0 Å². The Labute approximate surface area is 203 Å². The van der Waals surface area contributed by atoms with Crippen LogP contribution in [-0.4, -0.2) is 18.4 Å². The lowest BCUT2D eigenvalue weighted by Gasteiger charge is -2.12. The van der Waals surface area contributed by atoms with Crippen molar-refractivity contribution in [2.75, 3.05) is 4.72 Å². The van der Waals surface area contributed by atoms with Crippen LogP contribution >= 0.6 is 0 Å². The summed E-state index contributed by atoms with van der Waals surface area (Å²) in [6, 6.07) is 19.7. The average molecular weight is 510 g/mol.